The van der Waals surface area contributed by atoms with E-state index in [0.717, 1.165) is 18.3 Å². The van der Waals surface area contributed by atoms with E-state index >= 15 is 0 Å². The van der Waals surface area contributed by atoms with E-state index in [1.807, 2.05) is 19.1 Å². The molecule has 0 aliphatic rings. The summed E-state index contributed by atoms with van der Waals surface area (Å²) < 4.78 is 5.00. The van der Waals surface area contributed by atoms with Gasteiger partial charge in [0.1, 0.15) is 6.29 Å². The van der Waals surface area contributed by atoms with Crippen LogP contribution in [0, 0.1) is 5.92 Å². The van der Waals surface area contributed by atoms with Gasteiger partial charge in [-0.2, -0.15) is 0 Å². The van der Waals surface area contributed by atoms with Crippen LogP contribution in [0.15, 0.2) is 18.2 Å². The molecule has 0 saturated carbocycles. The van der Waals surface area contributed by atoms with Gasteiger partial charge >= 0.3 is 0 Å². The van der Waals surface area contributed by atoms with E-state index in [0.29, 0.717) is 12.2 Å². The van der Waals surface area contributed by atoms with Crippen LogP contribution >= 0.6 is 0 Å². The number of benzene rings is 1. The van der Waals surface area contributed by atoms with Crippen molar-refractivity contribution in [1.82, 2.24) is 0 Å². The van der Waals surface area contributed by atoms with Gasteiger partial charge in [-0.25, -0.2) is 0 Å². The van der Waals surface area contributed by atoms with Crippen molar-refractivity contribution in [3.63, 3.8) is 0 Å². The Labute approximate surface area is 89.7 Å². The zero-order chi connectivity index (χ0) is 11.3. The summed E-state index contributed by atoms with van der Waals surface area (Å²) in [7, 11) is 1.51. The first-order valence-corrected chi connectivity index (χ1v) is 5.03. The quantitative estimate of drug-likeness (QED) is 0.754. The molecular weight excluding hydrogens is 192 g/mol. The number of carbonyl (C=O) groups is 1. The first kappa shape index (κ1) is 11.6. The van der Waals surface area contributed by atoms with Gasteiger partial charge in [0.05, 0.1) is 7.11 Å². The number of methoxy groups -OCH3 is 1. The van der Waals surface area contributed by atoms with Crippen LogP contribution in [0.1, 0.15) is 18.9 Å². The second kappa shape index (κ2) is 5.39. The molecule has 1 aromatic rings. The van der Waals surface area contributed by atoms with Gasteiger partial charge in [-0.3, -0.25) is 0 Å². The maximum absolute atomic E-state index is 10.7. The highest BCUT2D eigenvalue weighted by molar-refractivity contribution is 5.55. The Bertz CT molecular complexity index is 334. The first-order chi connectivity index (χ1) is 7.22. The molecule has 0 bridgehead atoms. The van der Waals surface area contributed by atoms with Gasteiger partial charge in [0, 0.05) is 5.92 Å². The summed E-state index contributed by atoms with van der Waals surface area (Å²) in [5.74, 6) is 0.552. The van der Waals surface area contributed by atoms with Crippen LogP contribution in [0.5, 0.6) is 11.5 Å². The molecule has 3 heteroatoms. The Kier molecular flexibility index (Phi) is 4.16. The normalized spacial score (nSPS) is 12.1. The van der Waals surface area contributed by atoms with Crippen LogP contribution in [0.4, 0.5) is 0 Å². The molecule has 0 heterocycles. The lowest BCUT2D eigenvalue weighted by Crippen LogP contribution is -2.04. The second-order valence-corrected chi connectivity index (χ2v) is 3.48. The number of hydrogen-bond donors (Lipinski definition) is 1. The van der Waals surface area contributed by atoms with E-state index in [2.05, 4.69) is 0 Å². The molecule has 0 aliphatic heterocycles. The van der Waals surface area contributed by atoms with Crippen molar-refractivity contribution in [3.8, 4) is 11.5 Å². The van der Waals surface area contributed by atoms with E-state index in [1.165, 1.54) is 7.11 Å². The molecule has 1 aromatic carbocycles. The maximum atomic E-state index is 10.7. The number of phenols is 1. The van der Waals surface area contributed by atoms with Crippen molar-refractivity contribution < 1.29 is 14.6 Å². The Balaban J connectivity index is 2.89. The molecule has 0 fully saturated rings. The third kappa shape index (κ3) is 2.72. The second-order valence-electron chi connectivity index (χ2n) is 3.48. The first-order valence-electron chi connectivity index (χ1n) is 5.03. The summed E-state index contributed by atoms with van der Waals surface area (Å²) in [6.45, 7) is 1.95. The van der Waals surface area contributed by atoms with Gasteiger partial charge in [-0.05, 0) is 24.5 Å². The molecule has 1 atom stereocenters. The summed E-state index contributed by atoms with van der Waals surface area (Å²) in [5.41, 5.74) is 0.758. The van der Waals surface area contributed by atoms with Crippen molar-refractivity contribution in [2.24, 2.45) is 5.92 Å². The SMILES string of the molecule is CCC(C=O)Cc1cccc(OC)c1O. The maximum Gasteiger partial charge on any atom is 0.160 e. The molecule has 0 aliphatic carbocycles. The van der Waals surface area contributed by atoms with E-state index in [4.69, 9.17) is 4.74 Å². The standard InChI is InChI=1S/C12H16O3/c1-3-9(8-13)7-10-5-4-6-11(15-2)12(10)14/h4-6,8-9,14H,3,7H2,1-2H3. The Morgan fingerprint density at radius 3 is 2.80 bits per heavy atom. The van der Waals surface area contributed by atoms with Gasteiger partial charge in [0.25, 0.3) is 0 Å². The predicted octanol–water partition coefficient (Wildman–Crippen LogP) is 2.17. The molecule has 0 aromatic heterocycles. The lowest BCUT2D eigenvalue weighted by molar-refractivity contribution is -0.111. The average Bonchev–Trinajstić information content (AvgIpc) is 2.28. The molecule has 0 radical (unpaired) electrons. The number of aromatic hydroxyl groups is 1. The average molecular weight is 208 g/mol. The largest absolute Gasteiger partial charge is 0.504 e. The summed E-state index contributed by atoms with van der Waals surface area (Å²) >= 11 is 0. The summed E-state index contributed by atoms with van der Waals surface area (Å²) in [6, 6.07) is 5.32. The Hall–Kier alpha value is -1.51. The highest BCUT2D eigenvalue weighted by Crippen LogP contribution is 2.30. The van der Waals surface area contributed by atoms with Crippen LogP contribution in [0.25, 0.3) is 0 Å². The van der Waals surface area contributed by atoms with Gasteiger partial charge in [-0.15, -0.1) is 0 Å². The molecular formula is C12H16O3. The molecule has 82 valence electrons. The fourth-order valence-corrected chi connectivity index (χ4v) is 1.47. The van der Waals surface area contributed by atoms with Crippen LogP contribution in [0.2, 0.25) is 0 Å². The Morgan fingerprint density at radius 1 is 1.53 bits per heavy atom. The third-order valence-corrected chi connectivity index (χ3v) is 2.50. The minimum atomic E-state index is -0.0389. The Morgan fingerprint density at radius 2 is 2.27 bits per heavy atom. The lowest BCUT2D eigenvalue weighted by atomic mass is 9.97. The van der Waals surface area contributed by atoms with Crippen LogP contribution in [0.3, 0.4) is 0 Å². The highest BCUT2D eigenvalue weighted by atomic mass is 16.5. The van der Waals surface area contributed by atoms with Crippen LogP contribution < -0.4 is 4.74 Å². The number of carbonyl (C=O) groups excluding carboxylic acids is 1. The number of phenolic OH excluding ortho intramolecular Hbond substituents is 1. The number of rotatable bonds is 5. The van der Waals surface area contributed by atoms with Crippen LogP contribution in [-0.2, 0) is 11.2 Å². The number of para-hydroxylation sites is 1. The summed E-state index contributed by atoms with van der Waals surface area (Å²) in [4.78, 5) is 10.7. The van der Waals surface area contributed by atoms with Gasteiger partial charge in [0.15, 0.2) is 11.5 Å². The zero-order valence-electron chi connectivity index (χ0n) is 9.06. The van der Waals surface area contributed by atoms with E-state index < -0.39 is 0 Å². The third-order valence-electron chi connectivity index (χ3n) is 2.50. The zero-order valence-corrected chi connectivity index (χ0v) is 9.06. The van der Waals surface area contributed by atoms with Crippen LogP contribution in [-0.4, -0.2) is 18.5 Å². The lowest BCUT2D eigenvalue weighted by Gasteiger charge is -2.11. The molecule has 1 unspecified atom stereocenters. The van der Waals surface area contributed by atoms with Crippen molar-refractivity contribution in [3.05, 3.63) is 23.8 Å². The molecule has 0 saturated heterocycles. The smallest absolute Gasteiger partial charge is 0.160 e. The van der Waals surface area contributed by atoms with Crippen molar-refractivity contribution in [1.29, 1.82) is 0 Å². The van der Waals surface area contributed by atoms with Gasteiger partial charge in [0.2, 0.25) is 0 Å². The molecule has 15 heavy (non-hydrogen) atoms. The summed E-state index contributed by atoms with van der Waals surface area (Å²) in [6.07, 6.45) is 2.27. The molecule has 1 rings (SSSR count). The van der Waals surface area contributed by atoms with Crippen molar-refractivity contribution in [2.75, 3.05) is 7.11 Å². The number of aldehydes is 1. The monoisotopic (exact) mass is 208 g/mol. The van der Waals surface area contributed by atoms with E-state index in [-0.39, 0.29) is 11.7 Å². The molecule has 3 nitrogen and oxygen atoms in total. The number of ether oxygens (including phenoxy) is 1. The fraction of sp³-hybridized carbons (Fsp3) is 0.417. The number of hydrogen-bond acceptors (Lipinski definition) is 3. The van der Waals surface area contributed by atoms with Crippen molar-refractivity contribution in [2.45, 2.75) is 19.8 Å². The highest BCUT2D eigenvalue weighted by Gasteiger charge is 2.12. The van der Waals surface area contributed by atoms with Crippen molar-refractivity contribution >= 4 is 6.29 Å². The minimum Gasteiger partial charge on any atom is -0.504 e. The molecule has 0 spiro atoms. The molecule has 1 N–H and O–H groups in total. The van der Waals surface area contributed by atoms with Gasteiger partial charge in [-0.1, -0.05) is 19.1 Å². The predicted molar refractivity (Wildman–Crippen MR) is 58.2 cm³/mol. The van der Waals surface area contributed by atoms with E-state index in [9.17, 15) is 9.90 Å². The van der Waals surface area contributed by atoms with E-state index in [1.54, 1.807) is 6.07 Å². The summed E-state index contributed by atoms with van der Waals surface area (Å²) in [5, 5.41) is 9.79. The van der Waals surface area contributed by atoms with Gasteiger partial charge < -0.3 is 14.6 Å². The molecule has 0 amide bonds. The topological polar surface area (TPSA) is 46.5 Å². The minimum absolute atomic E-state index is 0.0389. The fourth-order valence-electron chi connectivity index (χ4n) is 1.47.